The lowest BCUT2D eigenvalue weighted by molar-refractivity contribution is -0.142. The number of piperidine rings is 1. The van der Waals surface area contributed by atoms with Gasteiger partial charge in [-0.2, -0.15) is 0 Å². The van der Waals surface area contributed by atoms with Crippen LogP contribution in [0.25, 0.3) is 10.9 Å². The van der Waals surface area contributed by atoms with E-state index in [9.17, 15) is 9.90 Å². The first-order chi connectivity index (χ1) is 10.6. The Morgan fingerprint density at radius 1 is 1.41 bits per heavy atom. The van der Waals surface area contributed by atoms with Gasteiger partial charge in [-0.15, -0.1) is 0 Å². The Morgan fingerprint density at radius 3 is 2.95 bits per heavy atom. The summed E-state index contributed by atoms with van der Waals surface area (Å²) in [6, 6.07) is 7.31. The summed E-state index contributed by atoms with van der Waals surface area (Å²) in [6.45, 7) is 5.01. The lowest BCUT2D eigenvalue weighted by atomic mass is 9.73. The third-order valence-electron chi connectivity index (χ3n) is 5.36. The summed E-state index contributed by atoms with van der Waals surface area (Å²) in [5, 5.41) is 14.2. The van der Waals surface area contributed by atoms with Gasteiger partial charge in [0, 0.05) is 41.6 Å². The van der Waals surface area contributed by atoms with Gasteiger partial charge in [-0.3, -0.25) is 4.79 Å². The molecule has 116 valence electrons. The zero-order valence-electron chi connectivity index (χ0n) is 13.0. The predicted octanol–water partition coefficient (Wildman–Crippen LogP) is 2.92. The number of nitrogens with one attached hydrogen (secondary N) is 1. The maximum atomic E-state index is 11.4. The lowest BCUT2D eigenvalue weighted by Gasteiger charge is -2.39. The van der Waals surface area contributed by atoms with Gasteiger partial charge in [0.1, 0.15) is 0 Å². The molecule has 1 aliphatic heterocycles. The molecule has 1 aromatic heterocycles. The van der Waals surface area contributed by atoms with Crippen LogP contribution in [-0.2, 0) is 11.2 Å². The highest BCUT2D eigenvalue weighted by molar-refractivity contribution is 5.89. The van der Waals surface area contributed by atoms with Gasteiger partial charge in [0.05, 0.1) is 5.92 Å². The van der Waals surface area contributed by atoms with E-state index in [0.29, 0.717) is 24.5 Å². The van der Waals surface area contributed by atoms with Crippen molar-refractivity contribution in [3.63, 3.8) is 0 Å². The Bertz CT molecular complexity index is 747. The van der Waals surface area contributed by atoms with Crippen LogP contribution in [0, 0.1) is 5.92 Å². The van der Waals surface area contributed by atoms with Crippen molar-refractivity contribution >= 4 is 16.9 Å². The summed E-state index contributed by atoms with van der Waals surface area (Å²) in [7, 11) is 0. The molecule has 0 amide bonds. The molecule has 4 nitrogen and oxygen atoms in total. The minimum absolute atomic E-state index is 0.273. The summed E-state index contributed by atoms with van der Waals surface area (Å²) >= 11 is 0. The van der Waals surface area contributed by atoms with Gasteiger partial charge in [0.25, 0.3) is 0 Å². The van der Waals surface area contributed by atoms with Crippen LogP contribution in [0.15, 0.2) is 24.4 Å². The molecule has 4 rings (SSSR count). The van der Waals surface area contributed by atoms with E-state index in [1.54, 1.807) is 0 Å². The summed E-state index contributed by atoms with van der Waals surface area (Å²) in [4.78, 5) is 11.4. The maximum absolute atomic E-state index is 11.4. The molecule has 2 aliphatic rings. The van der Waals surface area contributed by atoms with Gasteiger partial charge in [0.15, 0.2) is 0 Å². The molecular weight excluding hydrogens is 276 g/mol. The van der Waals surface area contributed by atoms with Crippen LogP contribution in [0.4, 0.5) is 0 Å². The van der Waals surface area contributed by atoms with Gasteiger partial charge >= 0.3 is 5.97 Å². The molecule has 2 N–H and O–H groups in total. The van der Waals surface area contributed by atoms with Gasteiger partial charge in [-0.05, 0) is 43.9 Å². The summed E-state index contributed by atoms with van der Waals surface area (Å²) < 4.78 is 2.35. The largest absolute Gasteiger partial charge is 0.481 e. The zero-order chi connectivity index (χ0) is 15.4. The molecule has 0 radical (unpaired) electrons. The molecule has 1 fully saturated rings. The van der Waals surface area contributed by atoms with Crippen LogP contribution >= 0.6 is 0 Å². The van der Waals surface area contributed by atoms with E-state index in [2.05, 4.69) is 48.1 Å². The minimum Gasteiger partial charge on any atom is -0.481 e. The first-order valence-corrected chi connectivity index (χ1v) is 8.14. The van der Waals surface area contributed by atoms with E-state index in [0.717, 1.165) is 12.8 Å². The maximum Gasteiger partial charge on any atom is 0.307 e. The van der Waals surface area contributed by atoms with Gasteiger partial charge < -0.3 is 15.0 Å². The quantitative estimate of drug-likeness (QED) is 0.896. The third-order valence-corrected chi connectivity index (χ3v) is 5.36. The van der Waals surface area contributed by atoms with Crippen molar-refractivity contribution in [2.75, 3.05) is 6.54 Å². The second-order valence-electron chi connectivity index (χ2n) is 6.99. The van der Waals surface area contributed by atoms with Crippen LogP contribution in [0.3, 0.4) is 0 Å². The monoisotopic (exact) mass is 298 g/mol. The third kappa shape index (κ3) is 1.90. The predicted molar refractivity (Wildman–Crippen MR) is 86.3 cm³/mol. The fraction of sp³-hybridized carbons (Fsp3) is 0.500. The van der Waals surface area contributed by atoms with E-state index in [-0.39, 0.29) is 5.92 Å². The molecule has 1 aliphatic carbocycles. The highest BCUT2D eigenvalue weighted by atomic mass is 16.4. The lowest BCUT2D eigenvalue weighted by Crippen LogP contribution is -2.48. The summed E-state index contributed by atoms with van der Waals surface area (Å²) in [5.74, 6) is -0.636. The van der Waals surface area contributed by atoms with E-state index >= 15 is 0 Å². The standard InChI is InChI=1S/C18H22N2O2/c1-10(2)20-9-12-7-15-14(6-11(8-19-15)18(21)22)13-4-3-5-16(20)17(12)13/h3-5,9-11,14-15,19H,6-8H2,1-2H3,(H,21,22)/t11-,14?,15-/m1/s1. The molecule has 0 saturated carbocycles. The number of carboxylic acids is 1. The Labute approximate surface area is 130 Å². The number of hydrogen-bond donors (Lipinski definition) is 2. The number of aliphatic carboxylic acids is 1. The molecular formula is C18H22N2O2. The number of hydrogen-bond acceptors (Lipinski definition) is 2. The van der Waals surface area contributed by atoms with Crippen LogP contribution in [0.1, 0.15) is 43.4 Å². The Balaban J connectivity index is 1.85. The molecule has 1 unspecified atom stereocenters. The van der Waals surface area contributed by atoms with Crippen LogP contribution in [0.5, 0.6) is 0 Å². The Morgan fingerprint density at radius 2 is 2.23 bits per heavy atom. The number of benzene rings is 1. The first-order valence-electron chi connectivity index (χ1n) is 8.14. The minimum atomic E-state index is -0.677. The number of nitrogens with zero attached hydrogens (tertiary/aromatic N) is 1. The zero-order valence-corrected chi connectivity index (χ0v) is 13.0. The SMILES string of the molecule is CC(C)n1cc2c3c(cccc31)C1C[C@@H](C(=O)O)CN[C@@H]1C2. The summed E-state index contributed by atoms with van der Waals surface area (Å²) in [6.07, 6.45) is 4.04. The number of aromatic nitrogens is 1. The Hall–Kier alpha value is -1.81. The van der Waals surface area contributed by atoms with E-state index in [1.165, 1.54) is 22.0 Å². The number of fused-ring (bicyclic) bond motifs is 2. The van der Waals surface area contributed by atoms with Gasteiger partial charge in [0.2, 0.25) is 0 Å². The normalized spacial score (nSPS) is 27.1. The molecule has 3 atom stereocenters. The topological polar surface area (TPSA) is 54.3 Å². The van der Waals surface area contributed by atoms with E-state index in [4.69, 9.17) is 0 Å². The van der Waals surface area contributed by atoms with Crippen LogP contribution < -0.4 is 5.32 Å². The van der Waals surface area contributed by atoms with Gasteiger partial charge in [-0.1, -0.05) is 12.1 Å². The van der Waals surface area contributed by atoms with Gasteiger partial charge in [-0.25, -0.2) is 0 Å². The smallest absolute Gasteiger partial charge is 0.307 e. The van der Waals surface area contributed by atoms with Crippen molar-refractivity contribution in [3.8, 4) is 0 Å². The highest BCUT2D eigenvalue weighted by Gasteiger charge is 2.38. The highest BCUT2D eigenvalue weighted by Crippen LogP contribution is 2.43. The van der Waals surface area contributed by atoms with Crippen molar-refractivity contribution in [2.45, 2.75) is 44.7 Å². The van der Waals surface area contributed by atoms with E-state index in [1.807, 2.05) is 0 Å². The van der Waals surface area contributed by atoms with Crippen molar-refractivity contribution in [1.29, 1.82) is 0 Å². The second-order valence-corrected chi connectivity index (χ2v) is 6.99. The molecule has 1 aromatic carbocycles. The molecule has 22 heavy (non-hydrogen) atoms. The molecule has 0 bridgehead atoms. The Kier molecular flexibility index (Phi) is 3.05. The second kappa shape index (κ2) is 4.85. The van der Waals surface area contributed by atoms with Crippen LogP contribution in [-0.4, -0.2) is 28.2 Å². The van der Waals surface area contributed by atoms with E-state index < -0.39 is 5.97 Å². The van der Waals surface area contributed by atoms with Crippen molar-refractivity contribution < 1.29 is 9.90 Å². The molecule has 4 heteroatoms. The van der Waals surface area contributed by atoms with Crippen LogP contribution in [0.2, 0.25) is 0 Å². The molecule has 2 aromatic rings. The fourth-order valence-electron chi connectivity index (χ4n) is 4.29. The number of rotatable bonds is 2. The number of carbonyl (C=O) groups is 1. The first kappa shape index (κ1) is 13.8. The average molecular weight is 298 g/mol. The van der Waals surface area contributed by atoms with Crippen molar-refractivity contribution in [3.05, 3.63) is 35.5 Å². The molecule has 2 heterocycles. The summed E-state index contributed by atoms with van der Waals surface area (Å²) in [5.41, 5.74) is 4.03. The van der Waals surface area contributed by atoms with Crippen molar-refractivity contribution in [1.82, 2.24) is 9.88 Å². The number of carboxylic acid groups (broad SMARTS) is 1. The van der Waals surface area contributed by atoms with Crippen molar-refractivity contribution in [2.24, 2.45) is 5.92 Å². The average Bonchev–Trinajstić information content (AvgIpc) is 2.87. The fourth-order valence-corrected chi connectivity index (χ4v) is 4.29. The molecule has 1 saturated heterocycles. The molecule has 0 spiro atoms.